The third kappa shape index (κ3) is 4.65. The van der Waals surface area contributed by atoms with E-state index in [0.29, 0.717) is 37.1 Å². The summed E-state index contributed by atoms with van der Waals surface area (Å²) in [6.45, 7) is 0.974. The first-order valence-electron chi connectivity index (χ1n) is 10.4. The summed E-state index contributed by atoms with van der Waals surface area (Å²) in [5.74, 6) is -0.167. The zero-order chi connectivity index (χ0) is 22.0. The molecule has 1 amide bonds. The highest BCUT2D eigenvalue weighted by Gasteiger charge is 2.31. The largest absolute Gasteiger partial charge is 0.416 e. The molecule has 1 fully saturated rings. The summed E-state index contributed by atoms with van der Waals surface area (Å²) in [6.07, 6.45) is -1.18. The first-order chi connectivity index (χ1) is 14.8. The van der Waals surface area contributed by atoms with Crippen molar-refractivity contribution >= 4 is 22.6 Å². The first kappa shape index (κ1) is 21.2. The number of aromatic nitrogens is 1. The molecular formula is C24H23F3N2O2. The summed E-state index contributed by atoms with van der Waals surface area (Å²) in [6, 6.07) is 13.0. The molecule has 31 heavy (non-hydrogen) atoms. The van der Waals surface area contributed by atoms with E-state index in [-0.39, 0.29) is 30.4 Å². The van der Waals surface area contributed by atoms with E-state index >= 15 is 0 Å². The van der Waals surface area contributed by atoms with Crippen LogP contribution in [-0.2, 0) is 11.0 Å². The number of rotatable bonds is 5. The van der Waals surface area contributed by atoms with E-state index in [1.165, 1.54) is 12.1 Å². The van der Waals surface area contributed by atoms with Crippen LogP contribution in [0, 0.1) is 0 Å². The number of hydrogen-bond donors (Lipinski definition) is 1. The summed E-state index contributed by atoms with van der Waals surface area (Å²) in [5.41, 5.74) is 1.50. The van der Waals surface area contributed by atoms with E-state index in [0.717, 1.165) is 17.0 Å². The average molecular weight is 428 g/mol. The Morgan fingerprint density at radius 1 is 1.00 bits per heavy atom. The second kappa shape index (κ2) is 8.57. The zero-order valence-corrected chi connectivity index (χ0v) is 16.9. The predicted molar refractivity (Wildman–Crippen MR) is 112 cm³/mol. The van der Waals surface area contributed by atoms with Gasteiger partial charge in [-0.3, -0.25) is 9.59 Å². The first-order valence-corrected chi connectivity index (χ1v) is 10.4. The average Bonchev–Trinajstić information content (AvgIpc) is 3.21. The van der Waals surface area contributed by atoms with Crippen molar-refractivity contribution in [3.63, 3.8) is 0 Å². The molecule has 4 rings (SSSR count). The molecule has 2 aromatic carbocycles. The Bertz CT molecular complexity index is 1100. The quantitative estimate of drug-likeness (QED) is 0.541. The van der Waals surface area contributed by atoms with Gasteiger partial charge in [0.25, 0.3) is 0 Å². The van der Waals surface area contributed by atoms with Crippen LogP contribution in [0.5, 0.6) is 0 Å². The number of piperidine rings is 1. The fourth-order valence-electron chi connectivity index (χ4n) is 4.25. The van der Waals surface area contributed by atoms with E-state index in [9.17, 15) is 22.8 Å². The molecule has 0 radical (unpaired) electrons. The minimum absolute atomic E-state index is 0.000739. The number of carbonyl (C=O) groups is 2. The Balaban J connectivity index is 1.31. The second-order valence-corrected chi connectivity index (χ2v) is 7.95. The van der Waals surface area contributed by atoms with E-state index in [1.807, 2.05) is 24.3 Å². The molecule has 0 bridgehead atoms. The van der Waals surface area contributed by atoms with Crippen LogP contribution in [0.25, 0.3) is 10.9 Å². The molecule has 1 aliphatic rings. The van der Waals surface area contributed by atoms with Crippen LogP contribution in [0.3, 0.4) is 0 Å². The number of nitrogens with zero attached hydrogens (tertiary/aromatic N) is 1. The number of para-hydroxylation sites is 1. The number of ketones is 1. The van der Waals surface area contributed by atoms with Crippen LogP contribution in [0.15, 0.2) is 54.7 Å². The molecule has 3 aromatic rings. The number of benzene rings is 2. The number of aromatic amines is 1. The normalized spacial score (nSPS) is 15.4. The van der Waals surface area contributed by atoms with E-state index < -0.39 is 11.7 Å². The van der Waals surface area contributed by atoms with Gasteiger partial charge in [0.05, 0.1) is 5.56 Å². The lowest BCUT2D eigenvalue weighted by Crippen LogP contribution is -2.38. The van der Waals surface area contributed by atoms with Crippen molar-refractivity contribution in [3.8, 4) is 0 Å². The molecule has 2 heterocycles. The van der Waals surface area contributed by atoms with Crippen LogP contribution in [-0.4, -0.2) is 34.7 Å². The summed E-state index contributed by atoms with van der Waals surface area (Å²) >= 11 is 0. The number of carbonyl (C=O) groups excluding carboxylic acids is 2. The minimum Gasteiger partial charge on any atom is -0.360 e. The maximum absolute atomic E-state index is 13.0. The Kier molecular flexibility index (Phi) is 5.85. The SMILES string of the molecule is O=C(CCC(=O)N1CCC(c2cccc(C(F)(F)F)c2)CC1)c1c[nH]c2ccccc12. The van der Waals surface area contributed by atoms with Crippen LogP contribution in [0.1, 0.15) is 53.1 Å². The molecule has 1 aromatic heterocycles. The van der Waals surface area contributed by atoms with Crippen molar-refractivity contribution < 1.29 is 22.8 Å². The van der Waals surface area contributed by atoms with E-state index in [2.05, 4.69) is 4.98 Å². The predicted octanol–water partition coefficient (Wildman–Crippen LogP) is 5.56. The van der Waals surface area contributed by atoms with Gasteiger partial charge in [-0.05, 0) is 36.5 Å². The van der Waals surface area contributed by atoms with Crippen molar-refractivity contribution in [1.29, 1.82) is 0 Å². The van der Waals surface area contributed by atoms with Crippen molar-refractivity contribution in [2.24, 2.45) is 0 Å². The molecule has 0 saturated carbocycles. The number of Topliss-reactive ketones (excluding diaryl/α,β-unsaturated/α-hetero) is 1. The summed E-state index contributed by atoms with van der Waals surface area (Å²) in [5, 5.41) is 0.849. The molecule has 1 saturated heterocycles. The maximum Gasteiger partial charge on any atom is 0.416 e. The van der Waals surface area contributed by atoms with Crippen LogP contribution < -0.4 is 0 Å². The van der Waals surface area contributed by atoms with Crippen molar-refractivity contribution in [2.75, 3.05) is 13.1 Å². The highest BCUT2D eigenvalue weighted by atomic mass is 19.4. The highest BCUT2D eigenvalue weighted by molar-refractivity contribution is 6.08. The Labute approximate surface area is 178 Å². The van der Waals surface area contributed by atoms with Crippen LogP contribution in [0.2, 0.25) is 0 Å². The zero-order valence-electron chi connectivity index (χ0n) is 16.9. The summed E-state index contributed by atoms with van der Waals surface area (Å²) in [4.78, 5) is 29.9. The molecule has 0 unspecified atom stereocenters. The number of nitrogens with one attached hydrogen (secondary N) is 1. The number of likely N-dealkylation sites (tertiary alicyclic amines) is 1. The molecule has 0 spiro atoms. The Morgan fingerprint density at radius 2 is 1.74 bits per heavy atom. The lowest BCUT2D eigenvalue weighted by Gasteiger charge is -2.32. The number of H-pyrrole nitrogens is 1. The molecule has 1 N–H and O–H groups in total. The number of hydrogen-bond acceptors (Lipinski definition) is 2. The number of amides is 1. The van der Waals surface area contributed by atoms with Crippen LogP contribution in [0.4, 0.5) is 13.2 Å². The van der Waals surface area contributed by atoms with Gasteiger partial charge in [0, 0.05) is 48.6 Å². The van der Waals surface area contributed by atoms with E-state index in [1.54, 1.807) is 17.2 Å². The molecule has 7 heteroatoms. The fourth-order valence-corrected chi connectivity index (χ4v) is 4.25. The fraction of sp³-hybridized carbons (Fsp3) is 0.333. The van der Waals surface area contributed by atoms with Gasteiger partial charge in [0.15, 0.2) is 5.78 Å². The topological polar surface area (TPSA) is 53.2 Å². The Morgan fingerprint density at radius 3 is 2.48 bits per heavy atom. The van der Waals surface area contributed by atoms with Crippen molar-refractivity contribution in [3.05, 3.63) is 71.4 Å². The number of fused-ring (bicyclic) bond motifs is 1. The molecule has 4 nitrogen and oxygen atoms in total. The summed E-state index contributed by atoms with van der Waals surface area (Å²) < 4.78 is 38.9. The van der Waals surface area contributed by atoms with Gasteiger partial charge in [-0.15, -0.1) is 0 Å². The van der Waals surface area contributed by atoms with Gasteiger partial charge in [0.1, 0.15) is 0 Å². The highest BCUT2D eigenvalue weighted by Crippen LogP contribution is 2.34. The summed E-state index contributed by atoms with van der Waals surface area (Å²) in [7, 11) is 0. The van der Waals surface area contributed by atoms with Crippen LogP contribution >= 0.6 is 0 Å². The van der Waals surface area contributed by atoms with Crippen molar-refractivity contribution in [1.82, 2.24) is 9.88 Å². The third-order valence-electron chi connectivity index (χ3n) is 5.99. The minimum atomic E-state index is -4.36. The molecule has 162 valence electrons. The van der Waals surface area contributed by atoms with Crippen molar-refractivity contribution in [2.45, 2.75) is 37.8 Å². The smallest absolute Gasteiger partial charge is 0.360 e. The standard InChI is InChI=1S/C24H23F3N2O2/c25-24(26,27)18-5-3-4-17(14-18)16-10-12-29(13-11-16)23(31)9-8-22(30)20-15-28-21-7-2-1-6-19(20)21/h1-7,14-16,28H,8-13H2. The molecule has 0 aliphatic carbocycles. The maximum atomic E-state index is 13.0. The van der Waals surface area contributed by atoms with Gasteiger partial charge in [0.2, 0.25) is 5.91 Å². The monoisotopic (exact) mass is 428 g/mol. The molecular weight excluding hydrogens is 405 g/mol. The number of alkyl halides is 3. The van der Waals surface area contributed by atoms with Gasteiger partial charge < -0.3 is 9.88 Å². The Hall–Kier alpha value is -3.09. The van der Waals surface area contributed by atoms with Gasteiger partial charge >= 0.3 is 6.18 Å². The van der Waals surface area contributed by atoms with Gasteiger partial charge in [-0.1, -0.05) is 36.4 Å². The lowest BCUT2D eigenvalue weighted by molar-refractivity contribution is -0.137. The number of halogens is 3. The third-order valence-corrected chi connectivity index (χ3v) is 5.99. The van der Waals surface area contributed by atoms with E-state index in [4.69, 9.17) is 0 Å². The molecule has 1 aliphatic heterocycles. The lowest BCUT2D eigenvalue weighted by atomic mass is 9.88. The van der Waals surface area contributed by atoms with Gasteiger partial charge in [-0.25, -0.2) is 0 Å². The second-order valence-electron chi connectivity index (χ2n) is 7.95. The molecule has 0 atom stereocenters. The van der Waals surface area contributed by atoms with Gasteiger partial charge in [-0.2, -0.15) is 13.2 Å².